The molecule has 11 heteroatoms. The number of aromatic nitrogens is 1. The molecule has 10 nitrogen and oxygen atoms in total. The van der Waals surface area contributed by atoms with Crippen molar-refractivity contribution in [3.8, 4) is 28.7 Å². The molecule has 2 aromatic carbocycles. The number of esters is 1. The molecule has 0 spiro atoms. The zero-order valence-electron chi connectivity index (χ0n) is 23.1. The lowest BCUT2D eigenvalue weighted by Crippen LogP contribution is -2.53. The molecule has 4 aromatic rings. The van der Waals surface area contributed by atoms with Crippen molar-refractivity contribution in [1.82, 2.24) is 9.88 Å². The number of carbonyl (C=O) groups excluding carboxylic acids is 1. The van der Waals surface area contributed by atoms with Crippen LogP contribution in [0.15, 0.2) is 63.9 Å². The van der Waals surface area contributed by atoms with Crippen LogP contribution in [0.3, 0.4) is 0 Å². The lowest BCUT2D eigenvalue weighted by molar-refractivity contribution is -0.158. The van der Waals surface area contributed by atoms with E-state index in [-0.39, 0.29) is 34.4 Å². The van der Waals surface area contributed by atoms with Crippen molar-refractivity contribution in [2.24, 2.45) is 5.92 Å². The Labute approximate surface area is 246 Å². The Bertz CT molecular complexity index is 1720. The highest BCUT2D eigenvalue weighted by Gasteiger charge is 2.40. The Morgan fingerprint density at radius 2 is 1.88 bits per heavy atom. The molecule has 2 aliphatic heterocycles. The topological polar surface area (TPSA) is 126 Å². The fraction of sp³-hybridized carbons (Fsp3) is 0.323. The molecule has 6 rings (SSSR count). The van der Waals surface area contributed by atoms with Gasteiger partial charge in [-0.3, -0.25) is 9.59 Å². The minimum Gasteiger partial charge on any atom is -0.507 e. The molecule has 4 heterocycles. The Hall–Kier alpha value is -4.28. The zero-order valence-corrected chi connectivity index (χ0v) is 23.9. The lowest BCUT2D eigenvalue weighted by atomic mass is 9.85. The number of carbonyl (C=O) groups is 1. The van der Waals surface area contributed by atoms with Crippen LogP contribution < -0.4 is 15.1 Å². The van der Waals surface area contributed by atoms with E-state index >= 15 is 0 Å². The van der Waals surface area contributed by atoms with E-state index in [2.05, 4.69) is 9.88 Å². The van der Waals surface area contributed by atoms with Crippen LogP contribution in [0.4, 0.5) is 5.69 Å². The Kier molecular flexibility index (Phi) is 7.42. The lowest BCUT2D eigenvalue weighted by Gasteiger charge is -2.42. The van der Waals surface area contributed by atoms with Gasteiger partial charge in [-0.15, -0.1) is 0 Å². The van der Waals surface area contributed by atoms with E-state index in [1.54, 1.807) is 37.6 Å². The van der Waals surface area contributed by atoms with Crippen molar-refractivity contribution in [1.29, 1.82) is 0 Å². The number of phenolic OH excluding ortho intramolecular Hbond substituents is 2. The first-order chi connectivity index (χ1) is 20.2. The number of methoxy groups -OCH3 is 1. The van der Waals surface area contributed by atoms with Gasteiger partial charge in [-0.2, -0.15) is 0 Å². The number of pyridine rings is 1. The number of likely N-dealkylation sites (tertiary alicyclic amines) is 1. The number of nitrogens with zero attached hydrogens (tertiary/aromatic N) is 3. The summed E-state index contributed by atoms with van der Waals surface area (Å²) < 4.78 is 17.5. The second-order valence-corrected chi connectivity index (χ2v) is 11.2. The number of anilines is 1. The van der Waals surface area contributed by atoms with Crippen molar-refractivity contribution in [2.75, 3.05) is 45.2 Å². The number of likely N-dealkylation sites (N-methyl/N-ethyl adjacent to an activating group) is 1. The van der Waals surface area contributed by atoms with Crippen molar-refractivity contribution in [3.05, 3.63) is 75.5 Å². The number of aromatic hydroxyl groups is 2. The predicted octanol–water partition coefficient (Wildman–Crippen LogP) is 4.40. The maximum atomic E-state index is 13.3. The fourth-order valence-electron chi connectivity index (χ4n) is 5.79. The Morgan fingerprint density at radius 1 is 1.10 bits per heavy atom. The number of ether oxygens (including phenoxy) is 2. The standard InChI is InChI=1S/C31H30ClN3O7/c1-34-10-8-20(26(16-34)42-31(39)17-14-35(15-17)18-7-9-33-27(11-18)40-2)28-22(36)12-23(37)29-24(38)13-25(41-30(28)29)19-5-3-4-6-21(19)32/h3-7,9,11-13,17,20,26,36-37H,8,10,14-16H2,1-2H3/t20-,26+/m0/s1. The number of fused-ring (bicyclic) bond motifs is 1. The summed E-state index contributed by atoms with van der Waals surface area (Å²) in [4.78, 5) is 34.8. The van der Waals surface area contributed by atoms with Crippen LogP contribution in [0.5, 0.6) is 17.4 Å². The minimum absolute atomic E-state index is 0.0481. The van der Waals surface area contributed by atoms with E-state index in [0.29, 0.717) is 54.6 Å². The van der Waals surface area contributed by atoms with Crippen LogP contribution in [0.2, 0.25) is 5.02 Å². The monoisotopic (exact) mass is 591 g/mol. The van der Waals surface area contributed by atoms with Gasteiger partial charge in [0.05, 0.1) is 18.1 Å². The molecule has 2 fully saturated rings. The Balaban J connectivity index is 1.31. The van der Waals surface area contributed by atoms with Gasteiger partial charge in [0.15, 0.2) is 5.43 Å². The van der Waals surface area contributed by atoms with Gasteiger partial charge in [0, 0.05) is 66.8 Å². The normalized spacial score (nSPS) is 19.5. The van der Waals surface area contributed by atoms with Crippen molar-refractivity contribution < 1.29 is 28.9 Å². The average Bonchev–Trinajstić information content (AvgIpc) is 2.93. The van der Waals surface area contributed by atoms with E-state index in [1.807, 2.05) is 24.1 Å². The molecule has 2 saturated heterocycles. The van der Waals surface area contributed by atoms with Crippen LogP contribution in [-0.4, -0.2) is 72.5 Å². The number of halogens is 1. The summed E-state index contributed by atoms with van der Waals surface area (Å²) in [5.74, 6) is -1.08. The summed E-state index contributed by atoms with van der Waals surface area (Å²) in [7, 11) is 3.49. The summed E-state index contributed by atoms with van der Waals surface area (Å²) in [6, 6.07) is 13.0. The second-order valence-electron chi connectivity index (χ2n) is 10.8. The van der Waals surface area contributed by atoms with Gasteiger partial charge in [0.25, 0.3) is 0 Å². The molecule has 218 valence electrons. The summed E-state index contributed by atoms with van der Waals surface area (Å²) in [6.45, 7) is 2.06. The first kappa shape index (κ1) is 27.9. The molecule has 0 aliphatic carbocycles. The third-order valence-corrected chi connectivity index (χ3v) is 8.37. The first-order valence-electron chi connectivity index (χ1n) is 13.6. The first-order valence-corrected chi connectivity index (χ1v) is 14.0. The highest BCUT2D eigenvalue weighted by atomic mass is 35.5. The highest BCUT2D eigenvalue weighted by molar-refractivity contribution is 6.33. The van der Waals surface area contributed by atoms with Crippen LogP contribution in [-0.2, 0) is 9.53 Å². The SMILES string of the molecule is COc1cc(N2CC(C(=O)O[C@@H]3CN(C)CC[C@@H]3c3c(O)cc(O)c4c(=O)cc(-c5ccccc5Cl)oc34)C2)ccn1. The summed E-state index contributed by atoms with van der Waals surface area (Å²) in [5.41, 5.74) is 1.30. The quantitative estimate of drug-likeness (QED) is 0.312. The van der Waals surface area contributed by atoms with E-state index in [4.69, 9.17) is 25.5 Å². The third kappa shape index (κ3) is 5.12. The molecule has 2 aliphatic rings. The number of hydrogen-bond acceptors (Lipinski definition) is 10. The van der Waals surface area contributed by atoms with Crippen molar-refractivity contribution in [2.45, 2.75) is 18.4 Å². The number of phenols is 2. The van der Waals surface area contributed by atoms with Crippen LogP contribution >= 0.6 is 11.6 Å². The molecule has 0 unspecified atom stereocenters. The average molecular weight is 592 g/mol. The van der Waals surface area contributed by atoms with Gasteiger partial charge in [0.1, 0.15) is 34.3 Å². The van der Waals surface area contributed by atoms with Gasteiger partial charge >= 0.3 is 5.97 Å². The molecule has 2 atom stereocenters. The molecular formula is C31H30ClN3O7. The van der Waals surface area contributed by atoms with E-state index < -0.39 is 23.2 Å². The number of piperidine rings is 1. The van der Waals surface area contributed by atoms with E-state index in [9.17, 15) is 19.8 Å². The van der Waals surface area contributed by atoms with E-state index in [0.717, 1.165) is 11.8 Å². The zero-order chi connectivity index (χ0) is 29.5. The molecule has 0 radical (unpaired) electrons. The van der Waals surface area contributed by atoms with Crippen molar-refractivity contribution in [3.63, 3.8) is 0 Å². The van der Waals surface area contributed by atoms with Gasteiger partial charge in [-0.25, -0.2) is 4.98 Å². The number of benzene rings is 2. The van der Waals surface area contributed by atoms with Gasteiger partial charge in [-0.05, 0) is 38.2 Å². The highest BCUT2D eigenvalue weighted by Crippen LogP contribution is 2.44. The molecule has 2 aromatic heterocycles. The largest absolute Gasteiger partial charge is 0.507 e. The molecule has 42 heavy (non-hydrogen) atoms. The summed E-state index contributed by atoms with van der Waals surface area (Å²) in [6.07, 6.45) is 1.56. The third-order valence-electron chi connectivity index (χ3n) is 8.05. The number of rotatable bonds is 6. The van der Waals surface area contributed by atoms with Crippen LogP contribution in [0.25, 0.3) is 22.3 Å². The maximum absolute atomic E-state index is 13.3. The van der Waals surface area contributed by atoms with Gasteiger partial charge < -0.3 is 33.9 Å². The Morgan fingerprint density at radius 3 is 2.64 bits per heavy atom. The number of hydrogen-bond donors (Lipinski definition) is 2. The minimum atomic E-state index is -0.626. The van der Waals surface area contributed by atoms with Crippen LogP contribution in [0, 0.1) is 5.92 Å². The molecule has 2 N–H and O–H groups in total. The fourth-order valence-corrected chi connectivity index (χ4v) is 6.01. The predicted molar refractivity (Wildman–Crippen MR) is 157 cm³/mol. The molecule has 0 saturated carbocycles. The molecular weight excluding hydrogens is 562 g/mol. The second kappa shape index (κ2) is 11.2. The molecule has 0 amide bonds. The molecule has 0 bridgehead atoms. The van der Waals surface area contributed by atoms with E-state index in [1.165, 1.54) is 6.07 Å². The van der Waals surface area contributed by atoms with Crippen LogP contribution in [0.1, 0.15) is 17.9 Å². The smallest absolute Gasteiger partial charge is 0.312 e. The summed E-state index contributed by atoms with van der Waals surface area (Å²) >= 11 is 6.39. The maximum Gasteiger partial charge on any atom is 0.312 e. The van der Waals surface area contributed by atoms with Gasteiger partial charge in [0.2, 0.25) is 5.88 Å². The van der Waals surface area contributed by atoms with Gasteiger partial charge in [-0.1, -0.05) is 23.7 Å². The van der Waals surface area contributed by atoms with Crippen molar-refractivity contribution >= 4 is 34.2 Å². The summed E-state index contributed by atoms with van der Waals surface area (Å²) in [5, 5.41) is 22.1.